The Kier molecular flexibility index (Phi) is 5.08. The highest BCUT2D eigenvalue weighted by molar-refractivity contribution is 5.94. The van der Waals surface area contributed by atoms with Crippen molar-refractivity contribution in [3.63, 3.8) is 0 Å². The van der Waals surface area contributed by atoms with Gasteiger partial charge in [-0.1, -0.05) is 12.8 Å². The molecule has 126 valence electrons. The van der Waals surface area contributed by atoms with Gasteiger partial charge in [0.2, 0.25) is 0 Å². The minimum atomic E-state index is 0.0662. The van der Waals surface area contributed by atoms with Crippen LogP contribution < -0.4 is 4.90 Å². The van der Waals surface area contributed by atoms with Gasteiger partial charge >= 0.3 is 0 Å². The molecular formula is C19H24N4O. The fourth-order valence-electron chi connectivity index (χ4n) is 3.23. The zero-order chi connectivity index (χ0) is 16.9. The number of rotatable bonds is 3. The summed E-state index contributed by atoms with van der Waals surface area (Å²) in [6.45, 7) is 0.793. The van der Waals surface area contributed by atoms with Crippen LogP contribution in [-0.2, 0) is 0 Å². The molecule has 0 saturated carbocycles. The molecule has 0 aromatic carbocycles. The van der Waals surface area contributed by atoms with E-state index in [0.717, 1.165) is 37.2 Å². The number of carbonyl (C=O) groups excluding carboxylic acids is 1. The zero-order valence-electron chi connectivity index (χ0n) is 14.4. The van der Waals surface area contributed by atoms with Crippen molar-refractivity contribution in [1.82, 2.24) is 14.9 Å². The van der Waals surface area contributed by atoms with Crippen LogP contribution in [-0.4, -0.2) is 41.4 Å². The lowest BCUT2D eigenvalue weighted by Gasteiger charge is -2.30. The van der Waals surface area contributed by atoms with Gasteiger partial charge in [0.25, 0.3) is 5.91 Å². The number of nitrogens with zero attached hydrogens (tertiary/aromatic N) is 4. The van der Waals surface area contributed by atoms with E-state index in [1.165, 1.54) is 6.42 Å². The first kappa shape index (κ1) is 16.4. The molecule has 24 heavy (non-hydrogen) atoms. The van der Waals surface area contributed by atoms with Gasteiger partial charge < -0.3 is 9.80 Å². The van der Waals surface area contributed by atoms with Crippen molar-refractivity contribution in [3.05, 3.63) is 54.0 Å². The van der Waals surface area contributed by atoms with Gasteiger partial charge in [-0.05, 0) is 42.7 Å². The molecule has 2 aromatic heterocycles. The highest BCUT2D eigenvalue weighted by Gasteiger charge is 2.27. The fourth-order valence-corrected chi connectivity index (χ4v) is 3.23. The first-order chi connectivity index (χ1) is 11.7. The summed E-state index contributed by atoms with van der Waals surface area (Å²) in [6, 6.07) is 7.93. The number of hydrogen-bond donors (Lipinski definition) is 0. The van der Waals surface area contributed by atoms with E-state index in [1.807, 2.05) is 48.2 Å². The maximum absolute atomic E-state index is 13.1. The van der Waals surface area contributed by atoms with Gasteiger partial charge in [-0.2, -0.15) is 0 Å². The number of hydrogen-bond acceptors (Lipinski definition) is 4. The number of aromatic nitrogens is 2. The predicted molar refractivity (Wildman–Crippen MR) is 95.0 cm³/mol. The standard InChI is InChI=1S/C19H24N4O/c1-22(2)18-8-7-16(14-21-18)19(24)23-13-5-3-4-6-17(23)15-9-11-20-12-10-15/h7-12,14,17H,3-6,13H2,1-2H3/t17-/m0/s1. The molecule has 3 heterocycles. The van der Waals surface area contributed by atoms with Gasteiger partial charge in [0.1, 0.15) is 5.82 Å². The molecule has 0 radical (unpaired) electrons. The zero-order valence-corrected chi connectivity index (χ0v) is 14.4. The molecule has 1 aliphatic heterocycles. The van der Waals surface area contributed by atoms with Crippen molar-refractivity contribution in [2.24, 2.45) is 0 Å². The number of anilines is 1. The summed E-state index contributed by atoms with van der Waals surface area (Å²) < 4.78 is 0. The van der Waals surface area contributed by atoms with Crippen LogP contribution in [0.1, 0.15) is 47.6 Å². The SMILES string of the molecule is CN(C)c1ccc(C(=O)N2CCCCC[C@H]2c2ccncc2)cn1. The van der Waals surface area contributed by atoms with E-state index in [9.17, 15) is 4.79 Å². The minimum absolute atomic E-state index is 0.0662. The van der Waals surface area contributed by atoms with Gasteiger partial charge in [0.15, 0.2) is 0 Å². The molecule has 1 atom stereocenters. The van der Waals surface area contributed by atoms with E-state index in [1.54, 1.807) is 18.6 Å². The van der Waals surface area contributed by atoms with Crippen LogP contribution >= 0.6 is 0 Å². The van der Waals surface area contributed by atoms with Crippen LogP contribution in [0.15, 0.2) is 42.9 Å². The summed E-state index contributed by atoms with van der Waals surface area (Å²) in [6.07, 6.45) is 9.66. The Morgan fingerprint density at radius 3 is 2.58 bits per heavy atom. The van der Waals surface area contributed by atoms with E-state index in [0.29, 0.717) is 5.56 Å². The van der Waals surface area contributed by atoms with Crippen molar-refractivity contribution >= 4 is 11.7 Å². The molecule has 0 unspecified atom stereocenters. The molecule has 0 spiro atoms. The molecule has 0 aliphatic carbocycles. The van der Waals surface area contributed by atoms with Crippen molar-refractivity contribution in [3.8, 4) is 0 Å². The first-order valence-electron chi connectivity index (χ1n) is 8.51. The lowest BCUT2D eigenvalue weighted by molar-refractivity contribution is 0.0680. The minimum Gasteiger partial charge on any atom is -0.363 e. The molecule has 3 rings (SSSR count). The third kappa shape index (κ3) is 3.55. The average molecular weight is 324 g/mol. The van der Waals surface area contributed by atoms with Crippen LogP contribution in [0.5, 0.6) is 0 Å². The molecular weight excluding hydrogens is 300 g/mol. The average Bonchev–Trinajstić information content (AvgIpc) is 2.88. The van der Waals surface area contributed by atoms with Gasteiger partial charge in [0, 0.05) is 39.2 Å². The number of pyridine rings is 2. The third-order valence-corrected chi connectivity index (χ3v) is 4.56. The molecule has 1 fully saturated rings. The van der Waals surface area contributed by atoms with Crippen LogP contribution in [0.25, 0.3) is 0 Å². The van der Waals surface area contributed by atoms with Gasteiger partial charge in [-0.25, -0.2) is 4.98 Å². The van der Waals surface area contributed by atoms with Crippen molar-refractivity contribution in [2.45, 2.75) is 31.7 Å². The highest BCUT2D eigenvalue weighted by atomic mass is 16.2. The molecule has 0 N–H and O–H groups in total. The van der Waals surface area contributed by atoms with E-state index < -0.39 is 0 Å². The van der Waals surface area contributed by atoms with Crippen LogP contribution in [0.4, 0.5) is 5.82 Å². The van der Waals surface area contributed by atoms with Crippen LogP contribution in [0.3, 0.4) is 0 Å². The van der Waals surface area contributed by atoms with Gasteiger partial charge in [0.05, 0.1) is 11.6 Å². The maximum atomic E-state index is 13.1. The van der Waals surface area contributed by atoms with Crippen molar-refractivity contribution in [2.75, 3.05) is 25.5 Å². The normalized spacial score (nSPS) is 18.1. The molecule has 5 nitrogen and oxygen atoms in total. The Morgan fingerprint density at radius 2 is 1.92 bits per heavy atom. The van der Waals surface area contributed by atoms with Gasteiger partial charge in [-0.15, -0.1) is 0 Å². The summed E-state index contributed by atoms with van der Waals surface area (Å²) in [5.74, 6) is 0.921. The predicted octanol–water partition coefficient (Wildman–Crippen LogP) is 3.30. The van der Waals surface area contributed by atoms with Crippen LogP contribution in [0, 0.1) is 0 Å². The van der Waals surface area contributed by atoms with E-state index in [2.05, 4.69) is 9.97 Å². The molecule has 2 aromatic rings. The summed E-state index contributed by atoms with van der Waals surface area (Å²) >= 11 is 0. The van der Waals surface area contributed by atoms with E-state index in [-0.39, 0.29) is 11.9 Å². The number of amides is 1. The molecule has 1 aliphatic rings. The van der Waals surface area contributed by atoms with Crippen molar-refractivity contribution < 1.29 is 4.79 Å². The van der Waals surface area contributed by atoms with Crippen LogP contribution in [0.2, 0.25) is 0 Å². The largest absolute Gasteiger partial charge is 0.363 e. The van der Waals surface area contributed by atoms with Crippen molar-refractivity contribution in [1.29, 1.82) is 0 Å². The third-order valence-electron chi connectivity index (χ3n) is 4.56. The molecule has 1 saturated heterocycles. The topological polar surface area (TPSA) is 49.3 Å². The second-order valence-electron chi connectivity index (χ2n) is 6.44. The molecule has 0 bridgehead atoms. The lowest BCUT2D eigenvalue weighted by atomic mass is 10.0. The Bertz CT molecular complexity index is 670. The summed E-state index contributed by atoms with van der Waals surface area (Å²) in [4.78, 5) is 25.5. The lowest BCUT2D eigenvalue weighted by Crippen LogP contribution is -2.35. The smallest absolute Gasteiger partial charge is 0.255 e. The quantitative estimate of drug-likeness (QED) is 0.869. The first-order valence-corrected chi connectivity index (χ1v) is 8.51. The highest BCUT2D eigenvalue weighted by Crippen LogP contribution is 2.31. The monoisotopic (exact) mass is 324 g/mol. The Balaban J connectivity index is 1.87. The molecule has 1 amide bonds. The maximum Gasteiger partial charge on any atom is 0.255 e. The van der Waals surface area contributed by atoms with E-state index >= 15 is 0 Å². The molecule has 5 heteroatoms. The van der Waals surface area contributed by atoms with E-state index in [4.69, 9.17) is 0 Å². The second-order valence-corrected chi connectivity index (χ2v) is 6.44. The summed E-state index contributed by atoms with van der Waals surface area (Å²) in [5, 5.41) is 0. The fraction of sp³-hybridized carbons (Fsp3) is 0.421. The summed E-state index contributed by atoms with van der Waals surface area (Å²) in [5.41, 5.74) is 1.82. The van der Waals surface area contributed by atoms with Gasteiger partial charge in [-0.3, -0.25) is 9.78 Å². The number of likely N-dealkylation sites (tertiary alicyclic amines) is 1. The number of carbonyl (C=O) groups is 1. The Morgan fingerprint density at radius 1 is 1.12 bits per heavy atom. The Labute approximate surface area is 143 Å². The Hall–Kier alpha value is -2.43. The summed E-state index contributed by atoms with van der Waals surface area (Å²) in [7, 11) is 3.89. The second kappa shape index (κ2) is 7.43.